The average molecular weight is 336 g/mol. The fourth-order valence-corrected chi connectivity index (χ4v) is 3.88. The van der Waals surface area contributed by atoms with E-state index < -0.39 is 10.0 Å². The smallest absolute Gasteiger partial charge is 0.235 e. The number of hydrogen-bond acceptors (Lipinski definition) is 5. The van der Waals surface area contributed by atoms with Gasteiger partial charge >= 0.3 is 0 Å². The molecule has 1 atom stereocenters. The summed E-state index contributed by atoms with van der Waals surface area (Å²) >= 11 is 0. The second-order valence-electron chi connectivity index (χ2n) is 5.56. The molecule has 0 bridgehead atoms. The fraction of sp³-hybridized carbons (Fsp3) is 0.400. The topological polar surface area (TPSA) is 85.2 Å². The van der Waals surface area contributed by atoms with Crippen molar-refractivity contribution in [2.45, 2.75) is 18.9 Å². The normalized spacial score (nSPS) is 18.0. The Morgan fingerprint density at radius 3 is 2.74 bits per heavy atom. The third kappa shape index (κ3) is 4.23. The molecule has 1 saturated heterocycles. The number of para-hydroxylation sites is 2. The van der Waals surface area contributed by atoms with Crippen molar-refractivity contribution in [3.05, 3.63) is 36.5 Å². The monoisotopic (exact) mass is 336 g/mol. The van der Waals surface area contributed by atoms with Gasteiger partial charge in [-0.15, -0.1) is 0 Å². The molecule has 0 saturated carbocycles. The van der Waals surface area contributed by atoms with E-state index in [1.165, 1.54) is 0 Å². The Balaban J connectivity index is 1.74. The maximum absolute atomic E-state index is 12.3. The summed E-state index contributed by atoms with van der Waals surface area (Å²) in [5.41, 5.74) is 1.15. The van der Waals surface area contributed by atoms with Gasteiger partial charge < -0.3 is 10.1 Å². The molecule has 2 aromatic rings. The van der Waals surface area contributed by atoms with Gasteiger partial charge in [0.15, 0.2) is 5.82 Å². The molecule has 1 aliphatic heterocycles. The Morgan fingerprint density at radius 2 is 2.09 bits per heavy atom. The highest BCUT2D eigenvalue weighted by atomic mass is 32.2. The second kappa shape index (κ2) is 6.59. The van der Waals surface area contributed by atoms with Gasteiger partial charge in [0.1, 0.15) is 0 Å². The van der Waals surface area contributed by atoms with Crippen LogP contribution in [0.2, 0.25) is 0 Å². The third-order valence-corrected chi connectivity index (χ3v) is 4.94. The van der Waals surface area contributed by atoms with Crippen LogP contribution in [0.25, 0.3) is 0 Å². The molecule has 0 spiro atoms. The summed E-state index contributed by atoms with van der Waals surface area (Å²) in [5, 5.41) is 7.35. The molecule has 23 heavy (non-hydrogen) atoms. The molecule has 1 unspecified atom stereocenters. The van der Waals surface area contributed by atoms with Crippen LogP contribution in [0, 0.1) is 0 Å². The molecule has 2 heterocycles. The third-order valence-electron chi connectivity index (χ3n) is 3.60. The first kappa shape index (κ1) is 15.8. The number of ether oxygens (including phenoxy) is 1. The van der Waals surface area contributed by atoms with Gasteiger partial charge in [0.25, 0.3) is 0 Å². The lowest BCUT2D eigenvalue weighted by atomic mass is 10.3. The number of aryl methyl sites for hydroxylation is 1. The molecule has 1 fully saturated rings. The molecule has 1 aliphatic rings. The van der Waals surface area contributed by atoms with Crippen LogP contribution in [-0.2, 0) is 21.8 Å². The van der Waals surface area contributed by atoms with Crippen LogP contribution in [0.5, 0.6) is 0 Å². The van der Waals surface area contributed by atoms with Gasteiger partial charge in [-0.3, -0.25) is 9.40 Å². The summed E-state index contributed by atoms with van der Waals surface area (Å²) in [4.78, 5) is 0. The minimum absolute atomic E-state index is 0.0229. The SMILES string of the molecule is Cn1ccc(Nc2ccccc2NS(=O)(=O)CC2CCCO2)n1. The van der Waals surface area contributed by atoms with E-state index in [9.17, 15) is 8.42 Å². The number of hydrogen-bond donors (Lipinski definition) is 2. The van der Waals surface area contributed by atoms with Gasteiger partial charge in [0.2, 0.25) is 10.0 Å². The number of sulfonamides is 1. The maximum atomic E-state index is 12.3. The van der Waals surface area contributed by atoms with Gasteiger partial charge in [0, 0.05) is 25.9 Å². The molecule has 2 N–H and O–H groups in total. The first-order chi connectivity index (χ1) is 11.0. The van der Waals surface area contributed by atoms with Crippen molar-refractivity contribution in [3.8, 4) is 0 Å². The van der Waals surface area contributed by atoms with Crippen molar-refractivity contribution >= 4 is 27.2 Å². The van der Waals surface area contributed by atoms with Crippen molar-refractivity contribution in [3.63, 3.8) is 0 Å². The highest BCUT2D eigenvalue weighted by Crippen LogP contribution is 2.26. The average Bonchev–Trinajstić information content (AvgIpc) is 3.12. The van der Waals surface area contributed by atoms with Gasteiger partial charge in [-0.2, -0.15) is 5.10 Å². The van der Waals surface area contributed by atoms with Gasteiger partial charge in [-0.1, -0.05) is 12.1 Å². The maximum Gasteiger partial charge on any atom is 0.235 e. The van der Waals surface area contributed by atoms with Gasteiger partial charge in [0.05, 0.1) is 23.2 Å². The zero-order valence-electron chi connectivity index (χ0n) is 12.9. The van der Waals surface area contributed by atoms with E-state index in [0.29, 0.717) is 23.8 Å². The van der Waals surface area contributed by atoms with E-state index in [1.807, 2.05) is 25.4 Å². The lowest BCUT2D eigenvalue weighted by Crippen LogP contribution is -2.26. The standard InChI is InChI=1S/C15H20N4O3S/c1-19-9-8-15(17-19)16-13-6-2-3-7-14(13)18-23(20,21)11-12-5-4-10-22-12/h2-3,6-9,12,18H,4-5,10-11H2,1H3,(H,16,17). The van der Waals surface area contributed by atoms with Crippen LogP contribution < -0.4 is 10.0 Å². The van der Waals surface area contributed by atoms with E-state index in [0.717, 1.165) is 12.8 Å². The Bertz CT molecular complexity index is 767. The fourth-order valence-electron chi connectivity index (χ4n) is 2.53. The number of benzene rings is 1. The Labute approximate surface area is 135 Å². The zero-order chi connectivity index (χ0) is 16.3. The predicted octanol–water partition coefficient (Wildman–Crippen LogP) is 2.08. The van der Waals surface area contributed by atoms with Crippen molar-refractivity contribution in [2.75, 3.05) is 22.4 Å². The Morgan fingerprint density at radius 1 is 1.30 bits per heavy atom. The summed E-state index contributed by atoms with van der Waals surface area (Å²) in [6.45, 7) is 0.637. The molecular weight excluding hydrogens is 316 g/mol. The minimum Gasteiger partial charge on any atom is -0.377 e. The van der Waals surface area contributed by atoms with Crippen LogP contribution in [-0.4, -0.2) is 36.7 Å². The number of anilines is 3. The van der Waals surface area contributed by atoms with Crippen LogP contribution in [0.1, 0.15) is 12.8 Å². The largest absolute Gasteiger partial charge is 0.377 e. The first-order valence-corrected chi connectivity index (χ1v) is 9.15. The quantitative estimate of drug-likeness (QED) is 0.844. The summed E-state index contributed by atoms with van der Waals surface area (Å²) in [6, 6.07) is 8.96. The number of nitrogens with zero attached hydrogens (tertiary/aromatic N) is 2. The van der Waals surface area contributed by atoms with E-state index in [4.69, 9.17) is 4.74 Å². The molecule has 0 amide bonds. The van der Waals surface area contributed by atoms with E-state index in [2.05, 4.69) is 15.1 Å². The van der Waals surface area contributed by atoms with Crippen LogP contribution >= 0.6 is 0 Å². The van der Waals surface area contributed by atoms with Gasteiger partial charge in [-0.05, 0) is 25.0 Å². The Hall–Kier alpha value is -2.06. The van der Waals surface area contributed by atoms with E-state index in [1.54, 1.807) is 22.9 Å². The molecule has 1 aromatic heterocycles. The van der Waals surface area contributed by atoms with Crippen molar-refractivity contribution in [2.24, 2.45) is 7.05 Å². The van der Waals surface area contributed by atoms with Gasteiger partial charge in [-0.25, -0.2) is 8.42 Å². The molecule has 0 aliphatic carbocycles. The molecule has 1 aromatic carbocycles. The molecule has 7 nitrogen and oxygen atoms in total. The zero-order valence-corrected chi connectivity index (χ0v) is 13.7. The van der Waals surface area contributed by atoms with Crippen LogP contribution in [0.4, 0.5) is 17.2 Å². The molecule has 3 rings (SSSR count). The molecule has 0 radical (unpaired) electrons. The van der Waals surface area contributed by atoms with Crippen molar-refractivity contribution < 1.29 is 13.2 Å². The van der Waals surface area contributed by atoms with Crippen LogP contribution in [0.15, 0.2) is 36.5 Å². The van der Waals surface area contributed by atoms with Crippen LogP contribution in [0.3, 0.4) is 0 Å². The minimum atomic E-state index is -3.47. The summed E-state index contributed by atoms with van der Waals surface area (Å²) < 4.78 is 34.4. The molecule has 124 valence electrons. The lowest BCUT2D eigenvalue weighted by molar-refractivity contribution is 0.127. The lowest BCUT2D eigenvalue weighted by Gasteiger charge is -2.15. The number of aromatic nitrogens is 2. The van der Waals surface area contributed by atoms with Crippen molar-refractivity contribution in [1.29, 1.82) is 0 Å². The predicted molar refractivity (Wildman–Crippen MR) is 89.3 cm³/mol. The summed E-state index contributed by atoms with van der Waals surface area (Å²) in [5.74, 6) is 0.628. The summed E-state index contributed by atoms with van der Waals surface area (Å²) in [6.07, 6.45) is 3.29. The van der Waals surface area contributed by atoms with E-state index >= 15 is 0 Å². The number of rotatable bonds is 6. The van der Waals surface area contributed by atoms with Crippen molar-refractivity contribution in [1.82, 2.24) is 9.78 Å². The Kier molecular flexibility index (Phi) is 4.53. The summed E-state index contributed by atoms with van der Waals surface area (Å²) in [7, 11) is -1.65. The second-order valence-corrected chi connectivity index (χ2v) is 7.33. The first-order valence-electron chi connectivity index (χ1n) is 7.50. The molecular formula is C15H20N4O3S. The highest BCUT2D eigenvalue weighted by molar-refractivity contribution is 7.92. The molecule has 8 heteroatoms. The highest BCUT2D eigenvalue weighted by Gasteiger charge is 2.23. The number of nitrogens with one attached hydrogen (secondary N) is 2. The van der Waals surface area contributed by atoms with E-state index in [-0.39, 0.29) is 11.9 Å².